The first-order valence-corrected chi connectivity index (χ1v) is 14.5. The molecule has 2 aliphatic heterocycles. The number of fused-ring (bicyclic) bond motifs is 3. The fourth-order valence-electron chi connectivity index (χ4n) is 8.47. The van der Waals surface area contributed by atoms with Crippen LogP contribution in [0.2, 0.25) is 0 Å². The topological polar surface area (TPSA) is 117 Å². The van der Waals surface area contributed by atoms with Crippen LogP contribution in [0.1, 0.15) is 92.4 Å². The SMILES string of the molecule is C=C[C@@]1(C)CC(=O)[C@]2(O)[C@@]3(C)[C@@H](O)CCC(C)(C)[C@@H]3[C@H](O)[C@H](OC(=O)CCCCN3CCCCC3)[C@@]2(C)O1. The molecule has 2 aliphatic carbocycles. The van der Waals surface area contributed by atoms with Crippen molar-refractivity contribution in [2.45, 2.75) is 128 Å². The summed E-state index contributed by atoms with van der Waals surface area (Å²) in [4.78, 5) is 29.5. The zero-order valence-corrected chi connectivity index (χ0v) is 24.0. The lowest BCUT2D eigenvalue weighted by molar-refractivity contribution is -0.370. The number of aliphatic hydroxyl groups excluding tert-OH is 2. The molecular weight excluding hydrogens is 486 g/mol. The maximum Gasteiger partial charge on any atom is 0.306 e. The largest absolute Gasteiger partial charge is 0.456 e. The van der Waals surface area contributed by atoms with Crippen molar-refractivity contribution in [3.05, 3.63) is 12.7 Å². The van der Waals surface area contributed by atoms with Crippen molar-refractivity contribution < 1.29 is 34.4 Å². The van der Waals surface area contributed by atoms with Gasteiger partial charge in [-0.25, -0.2) is 0 Å². The third-order valence-corrected chi connectivity index (χ3v) is 10.5. The van der Waals surface area contributed by atoms with Gasteiger partial charge < -0.3 is 29.7 Å². The van der Waals surface area contributed by atoms with E-state index < -0.39 is 63.6 Å². The summed E-state index contributed by atoms with van der Waals surface area (Å²) in [6.07, 6.45) is 4.14. The van der Waals surface area contributed by atoms with Gasteiger partial charge in [-0.05, 0) is 77.4 Å². The Balaban J connectivity index is 1.63. The zero-order chi connectivity index (χ0) is 28.1. The first-order valence-electron chi connectivity index (χ1n) is 14.5. The molecule has 4 aliphatic rings. The summed E-state index contributed by atoms with van der Waals surface area (Å²) in [7, 11) is 0. The number of aliphatic hydroxyl groups is 3. The van der Waals surface area contributed by atoms with Gasteiger partial charge in [0.15, 0.2) is 17.5 Å². The van der Waals surface area contributed by atoms with Crippen molar-refractivity contribution in [3.63, 3.8) is 0 Å². The summed E-state index contributed by atoms with van der Waals surface area (Å²) >= 11 is 0. The van der Waals surface area contributed by atoms with Gasteiger partial charge in [-0.3, -0.25) is 9.59 Å². The number of piperidine rings is 1. The van der Waals surface area contributed by atoms with E-state index in [-0.39, 0.29) is 12.8 Å². The standard InChI is InChI=1S/C30H49NO7/c1-7-27(4)19-21(33)30(36)28(5)20(32)14-15-26(2,3)24(28)23(35)25(29(30,6)38-27)37-22(34)13-9-12-18-31-16-10-8-11-17-31/h7,20,23-25,32,35-36H,1,8-19H2,2-6H3/t20-,23-,24-,25-,27-,28-,29+,30-/m0/s1. The number of likely N-dealkylation sites (tertiary alicyclic amines) is 1. The fourth-order valence-corrected chi connectivity index (χ4v) is 8.47. The molecule has 0 amide bonds. The van der Waals surface area contributed by atoms with Crippen LogP contribution in [-0.2, 0) is 19.1 Å². The second-order valence-electron chi connectivity index (χ2n) is 13.6. The van der Waals surface area contributed by atoms with Crippen LogP contribution >= 0.6 is 0 Å². The van der Waals surface area contributed by atoms with E-state index >= 15 is 0 Å². The highest BCUT2D eigenvalue weighted by molar-refractivity contribution is 5.92. The van der Waals surface area contributed by atoms with Crippen LogP contribution < -0.4 is 0 Å². The molecule has 2 saturated heterocycles. The third kappa shape index (κ3) is 4.48. The number of carbonyl (C=O) groups excluding carboxylic acids is 2. The van der Waals surface area contributed by atoms with Crippen molar-refractivity contribution in [1.82, 2.24) is 4.90 Å². The number of unbranched alkanes of at least 4 members (excludes halogenated alkanes) is 1. The molecule has 38 heavy (non-hydrogen) atoms. The Hall–Kier alpha value is -1.32. The number of rotatable bonds is 7. The number of ether oxygens (including phenoxy) is 2. The number of ketones is 1. The molecular formula is C30H49NO7. The van der Waals surface area contributed by atoms with Crippen molar-refractivity contribution in [3.8, 4) is 0 Å². The van der Waals surface area contributed by atoms with Crippen molar-refractivity contribution in [2.75, 3.05) is 19.6 Å². The summed E-state index contributed by atoms with van der Waals surface area (Å²) < 4.78 is 12.5. The molecule has 0 aromatic rings. The minimum absolute atomic E-state index is 0.134. The van der Waals surface area contributed by atoms with Gasteiger partial charge in [0.05, 0.1) is 17.8 Å². The molecule has 0 aromatic heterocycles. The Labute approximate surface area is 227 Å². The number of hydrogen-bond acceptors (Lipinski definition) is 8. The van der Waals surface area contributed by atoms with E-state index in [0.717, 1.165) is 26.1 Å². The number of carbonyl (C=O) groups is 2. The Bertz CT molecular complexity index is 932. The van der Waals surface area contributed by atoms with Crippen LogP contribution in [0.3, 0.4) is 0 Å². The van der Waals surface area contributed by atoms with E-state index in [1.807, 2.05) is 13.8 Å². The summed E-state index contributed by atoms with van der Waals surface area (Å²) in [5.74, 6) is -1.70. The lowest BCUT2D eigenvalue weighted by Crippen LogP contribution is -2.86. The van der Waals surface area contributed by atoms with Crippen molar-refractivity contribution >= 4 is 11.8 Å². The lowest BCUT2D eigenvalue weighted by atomic mass is 9.40. The zero-order valence-electron chi connectivity index (χ0n) is 24.0. The van der Waals surface area contributed by atoms with Gasteiger partial charge in [-0.1, -0.05) is 33.3 Å². The molecule has 216 valence electrons. The molecule has 0 spiro atoms. The smallest absolute Gasteiger partial charge is 0.306 e. The summed E-state index contributed by atoms with van der Waals surface area (Å²) in [5, 5.41) is 35.7. The Morgan fingerprint density at radius 2 is 1.79 bits per heavy atom. The van der Waals surface area contributed by atoms with Gasteiger partial charge in [0.25, 0.3) is 0 Å². The second kappa shape index (κ2) is 10.3. The van der Waals surface area contributed by atoms with Crippen LogP contribution in [0.4, 0.5) is 0 Å². The summed E-state index contributed by atoms with van der Waals surface area (Å²) in [6.45, 7) is 15.8. The summed E-state index contributed by atoms with van der Waals surface area (Å²) in [6, 6.07) is 0. The van der Waals surface area contributed by atoms with E-state index in [0.29, 0.717) is 19.3 Å². The molecule has 2 heterocycles. The van der Waals surface area contributed by atoms with E-state index in [2.05, 4.69) is 11.5 Å². The second-order valence-corrected chi connectivity index (χ2v) is 13.6. The normalized spacial score (nSPS) is 45.1. The Kier molecular flexibility index (Phi) is 8.01. The molecule has 4 rings (SSSR count). The number of esters is 1. The van der Waals surface area contributed by atoms with Crippen LogP contribution in [0.15, 0.2) is 12.7 Å². The van der Waals surface area contributed by atoms with Crippen LogP contribution in [0.25, 0.3) is 0 Å². The van der Waals surface area contributed by atoms with E-state index in [1.165, 1.54) is 25.3 Å². The third-order valence-electron chi connectivity index (χ3n) is 10.5. The lowest BCUT2D eigenvalue weighted by Gasteiger charge is -2.71. The van der Waals surface area contributed by atoms with Gasteiger partial charge in [0.2, 0.25) is 0 Å². The molecule has 8 heteroatoms. The van der Waals surface area contributed by atoms with Gasteiger partial charge >= 0.3 is 5.97 Å². The molecule has 0 aromatic carbocycles. The minimum atomic E-state index is -2.19. The fraction of sp³-hybridized carbons (Fsp3) is 0.867. The van der Waals surface area contributed by atoms with Crippen LogP contribution in [-0.4, -0.2) is 86.7 Å². The van der Waals surface area contributed by atoms with Gasteiger partial charge in [0.1, 0.15) is 5.60 Å². The van der Waals surface area contributed by atoms with Gasteiger partial charge in [-0.2, -0.15) is 0 Å². The van der Waals surface area contributed by atoms with E-state index in [1.54, 1.807) is 20.8 Å². The number of hydrogen-bond donors (Lipinski definition) is 3. The maximum atomic E-state index is 13.9. The van der Waals surface area contributed by atoms with Gasteiger partial charge in [-0.15, -0.1) is 6.58 Å². The van der Waals surface area contributed by atoms with Crippen LogP contribution in [0.5, 0.6) is 0 Å². The number of Topliss-reactive ketones (excluding diaryl/α,β-unsaturated/α-hetero) is 1. The highest BCUT2D eigenvalue weighted by atomic mass is 16.6. The maximum absolute atomic E-state index is 13.9. The predicted molar refractivity (Wildman–Crippen MR) is 143 cm³/mol. The van der Waals surface area contributed by atoms with Gasteiger partial charge in [0, 0.05) is 24.2 Å². The molecule has 3 N–H and O–H groups in total. The first-order chi connectivity index (χ1) is 17.7. The molecule has 2 saturated carbocycles. The highest BCUT2D eigenvalue weighted by Gasteiger charge is 2.81. The minimum Gasteiger partial charge on any atom is -0.456 e. The average Bonchev–Trinajstić information content (AvgIpc) is 2.85. The monoisotopic (exact) mass is 535 g/mol. The summed E-state index contributed by atoms with van der Waals surface area (Å²) in [5.41, 5.74) is -7.07. The van der Waals surface area contributed by atoms with Crippen molar-refractivity contribution in [1.29, 1.82) is 0 Å². The molecule has 8 nitrogen and oxygen atoms in total. The first kappa shape index (κ1) is 29.7. The quantitative estimate of drug-likeness (QED) is 0.259. The highest BCUT2D eigenvalue weighted by Crippen LogP contribution is 2.67. The van der Waals surface area contributed by atoms with E-state index in [9.17, 15) is 24.9 Å². The van der Waals surface area contributed by atoms with E-state index in [4.69, 9.17) is 9.47 Å². The van der Waals surface area contributed by atoms with Crippen molar-refractivity contribution in [2.24, 2.45) is 16.7 Å². The van der Waals surface area contributed by atoms with Crippen LogP contribution in [0, 0.1) is 16.7 Å². The molecule has 4 fully saturated rings. The molecule has 0 unspecified atom stereocenters. The molecule has 0 bridgehead atoms. The predicted octanol–water partition coefficient (Wildman–Crippen LogP) is 3.16. The Morgan fingerprint density at radius 1 is 1.13 bits per heavy atom. The molecule has 8 atom stereocenters. The average molecular weight is 536 g/mol. The Morgan fingerprint density at radius 3 is 2.42 bits per heavy atom. The number of nitrogens with zero attached hydrogens (tertiary/aromatic N) is 1. The molecule has 0 radical (unpaired) electrons.